The number of aromatic hydroxyl groups is 1. The van der Waals surface area contributed by atoms with Crippen LogP contribution >= 0.6 is 0 Å². The third-order valence-electron chi connectivity index (χ3n) is 2.70. The lowest BCUT2D eigenvalue weighted by Gasteiger charge is -2.11. The summed E-state index contributed by atoms with van der Waals surface area (Å²) in [5, 5.41) is 9.65. The van der Waals surface area contributed by atoms with Crippen LogP contribution in [-0.2, 0) is 0 Å². The van der Waals surface area contributed by atoms with Crippen LogP contribution in [0.2, 0.25) is 0 Å². The highest BCUT2D eigenvalue weighted by atomic mass is 19.1. The van der Waals surface area contributed by atoms with Crippen molar-refractivity contribution in [2.24, 2.45) is 5.73 Å². The van der Waals surface area contributed by atoms with Crippen molar-refractivity contribution in [3.05, 3.63) is 53.8 Å². The Balaban J connectivity index is 2.54. The normalized spacial score (nSPS) is 12.4. The molecule has 2 nitrogen and oxygen atoms in total. The van der Waals surface area contributed by atoms with Gasteiger partial charge in [-0.2, -0.15) is 0 Å². The molecule has 3 N–H and O–H groups in total. The Kier molecular flexibility index (Phi) is 3.11. The van der Waals surface area contributed by atoms with Gasteiger partial charge in [0.05, 0.1) is 0 Å². The molecule has 1 atom stereocenters. The summed E-state index contributed by atoms with van der Waals surface area (Å²) in [4.78, 5) is 0. The van der Waals surface area contributed by atoms with Crippen LogP contribution in [0.3, 0.4) is 0 Å². The van der Waals surface area contributed by atoms with Crippen LogP contribution in [0.15, 0.2) is 42.5 Å². The summed E-state index contributed by atoms with van der Waals surface area (Å²) in [6, 6.07) is 11.2. The SMILES string of the molecule is CC(N)c1cc(-c2ccccc2F)ccc1O. The minimum Gasteiger partial charge on any atom is -0.508 e. The quantitative estimate of drug-likeness (QED) is 0.833. The number of benzene rings is 2. The Morgan fingerprint density at radius 1 is 1.18 bits per heavy atom. The van der Waals surface area contributed by atoms with Crippen molar-refractivity contribution in [2.45, 2.75) is 13.0 Å². The molecular weight excluding hydrogens is 217 g/mol. The van der Waals surface area contributed by atoms with Crippen molar-refractivity contribution in [1.82, 2.24) is 0 Å². The topological polar surface area (TPSA) is 46.2 Å². The van der Waals surface area contributed by atoms with Gasteiger partial charge in [0.25, 0.3) is 0 Å². The number of hydrogen-bond donors (Lipinski definition) is 2. The first kappa shape index (κ1) is 11.6. The Morgan fingerprint density at radius 3 is 2.53 bits per heavy atom. The fourth-order valence-electron chi connectivity index (χ4n) is 1.78. The van der Waals surface area contributed by atoms with Crippen molar-refractivity contribution in [3.63, 3.8) is 0 Å². The third-order valence-corrected chi connectivity index (χ3v) is 2.70. The fourth-order valence-corrected chi connectivity index (χ4v) is 1.78. The molecule has 88 valence electrons. The van der Waals surface area contributed by atoms with Gasteiger partial charge < -0.3 is 10.8 Å². The van der Waals surface area contributed by atoms with E-state index in [-0.39, 0.29) is 17.6 Å². The number of nitrogens with two attached hydrogens (primary N) is 1. The van der Waals surface area contributed by atoms with Gasteiger partial charge >= 0.3 is 0 Å². The summed E-state index contributed by atoms with van der Waals surface area (Å²) >= 11 is 0. The van der Waals surface area contributed by atoms with E-state index >= 15 is 0 Å². The Bertz CT molecular complexity index is 537. The molecule has 2 aromatic rings. The molecule has 0 aliphatic heterocycles. The van der Waals surface area contributed by atoms with Gasteiger partial charge in [0.1, 0.15) is 11.6 Å². The molecule has 0 spiro atoms. The van der Waals surface area contributed by atoms with E-state index in [1.807, 2.05) is 0 Å². The first-order chi connectivity index (χ1) is 8.09. The number of hydrogen-bond acceptors (Lipinski definition) is 2. The molecule has 0 amide bonds. The maximum Gasteiger partial charge on any atom is 0.131 e. The summed E-state index contributed by atoms with van der Waals surface area (Å²) in [5.41, 5.74) is 7.59. The van der Waals surface area contributed by atoms with Crippen molar-refractivity contribution in [1.29, 1.82) is 0 Å². The van der Waals surface area contributed by atoms with Gasteiger partial charge in [-0.25, -0.2) is 4.39 Å². The second kappa shape index (κ2) is 4.55. The first-order valence-electron chi connectivity index (χ1n) is 5.43. The maximum atomic E-state index is 13.6. The lowest BCUT2D eigenvalue weighted by molar-refractivity contribution is 0.464. The second-order valence-electron chi connectivity index (χ2n) is 4.04. The van der Waals surface area contributed by atoms with Crippen LogP contribution < -0.4 is 5.73 Å². The van der Waals surface area contributed by atoms with Gasteiger partial charge in [0.2, 0.25) is 0 Å². The highest BCUT2D eigenvalue weighted by molar-refractivity contribution is 5.66. The second-order valence-corrected chi connectivity index (χ2v) is 4.04. The van der Waals surface area contributed by atoms with Crippen LogP contribution in [-0.4, -0.2) is 5.11 Å². The van der Waals surface area contributed by atoms with Crippen LogP contribution in [0.1, 0.15) is 18.5 Å². The number of rotatable bonds is 2. The zero-order chi connectivity index (χ0) is 12.4. The van der Waals surface area contributed by atoms with E-state index < -0.39 is 0 Å². The molecule has 0 aliphatic rings. The van der Waals surface area contributed by atoms with Crippen molar-refractivity contribution < 1.29 is 9.50 Å². The number of phenolic OH excluding ortho intramolecular Hbond substituents is 1. The molecule has 1 unspecified atom stereocenters. The standard InChI is InChI=1S/C14H14FNO/c1-9(16)12-8-10(6-7-14(12)17)11-4-2-3-5-13(11)15/h2-9,17H,16H2,1H3. The summed E-state index contributed by atoms with van der Waals surface area (Å²) in [6.07, 6.45) is 0. The first-order valence-corrected chi connectivity index (χ1v) is 5.43. The molecule has 0 aliphatic carbocycles. The molecule has 0 fully saturated rings. The molecular formula is C14H14FNO. The smallest absolute Gasteiger partial charge is 0.131 e. The van der Waals surface area contributed by atoms with Crippen LogP contribution in [0.4, 0.5) is 4.39 Å². The van der Waals surface area contributed by atoms with Crippen LogP contribution in [0.25, 0.3) is 11.1 Å². The van der Waals surface area contributed by atoms with E-state index in [1.165, 1.54) is 6.07 Å². The average Bonchev–Trinajstić information content (AvgIpc) is 2.30. The predicted octanol–water partition coefficient (Wildman–Crippen LogP) is 3.22. The summed E-state index contributed by atoms with van der Waals surface area (Å²) in [6.45, 7) is 1.78. The van der Waals surface area contributed by atoms with E-state index in [1.54, 1.807) is 43.3 Å². The van der Waals surface area contributed by atoms with Gasteiger partial charge in [-0.15, -0.1) is 0 Å². The number of phenols is 1. The highest BCUT2D eigenvalue weighted by Crippen LogP contribution is 2.30. The lowest BCUT2D eigenvalue weighted by Crippen LogP contribution is -2.05. The largest absolute Gasteiger partial charge is 0.508 e. The van der Waals surface area contributed by atoms with Gasteiger partial charge in [-0.05, 0) is 30.7 Å². The minimum atomic E-state index is -0.290. The predicted molar refractivity (Wildman–Crippen MR) is 66.1 cm³/mol. The molecule has 0 saturated carbocycles. The molecule has 0 aromatic heterocycles. The van der Waals surface area contributed by atoms with E-state index in [0.717, 1.165) is 0 Å². The third kappa shape index (κ3) is 2.29. The molecule has 2 aromatic carbocycles. The summed E-state index contributed by atoms with van der Waals surface area (Å²) in [5.74, 6) is -0.145. The summed E-state index contributed by atoms with van der Waals surface area (Å²) in [7, 11) is 0. The van der Waals surface area contributed by atoms with Crippen molar-refractivity contribution in [2.75, 3.05) is 0 Å². The molecule has 2 rings (SSSR count). The number of halogens is 1. The Morgan fingerprint density at radius 2 is 1.88 bits per heavy atom. The van der Waals surface area contributed by atoms with Gasteiger partial charge in [-0.3, -0.25) is 0 Å². The zero-order valence-corrected chi connectivity index (χ0v) is 9.52. The van der Waals surface area contributed by atoms with Crippen molar-refractivity contribution >= 4 is 0 Å². The molecule has 0 radical (unpaired) electrons. The van der Waals surface area contributed by atoms with Gasteiger partial charge in [-0.1, -0.05) is 24.3 Å². The Hall–Kier alpha value is -1.87. The molecule has 0 heterocycles. The lowest BCUT2D eigenvalue weighted by atomic mass is 9.99. The van der Waals surface area contributed by atoms with Crippen LogP contribution in [0, 0.1) is 5.82 Å². The molecule has 0 saturated heterocycles. The van der Waals surface area contributed by atoms with Crippen molar-refractivity contribution in [3.8, 4) is 16.9 Å². The van der Waals surface area contributed by atoms with E-state index in [4.69, 9.17) is 5.73 Å². The fraction of sp³-hybridized carbons (Fsp3) is 0.143. The van der Waals surface area contributed by atoms with E-state index in [9.17, 15) is 9.50 Å². The van der Waals surface area contributed by atoms with Gasteiger partial charge in [0.15, 0.2) is 0 Å². The maximum absolute atomic E-state index is 13.6. The van der Waals surface area contributed by atoms with E-state index in [0.29, 0.717) is 16.7 Å². The van der Waals surface area contributed by atoms with E-state index in [2.05, 4.69) is 0 Å². The monoisotopic (exact) mass is 231 g/mol. The minimum absolute atomic E-state index is 0.139. The van der Waals surface area contributed by atoms with Gasteiger partial charge in [0, 0.05) is 17.2 Å². The summed E-state index contributed by atoms with van der Waals surface area (Å²) < 4.78 is 13.6. The zero-order valence-electron chi connectivity index (χ0n) is 9.52. The molecule has 3 heteroatoms. The molecule has 0 bridgehead atoms. The highest BCUT2D eigenvalue weighted by Gasteiger charge is 2.10. The molecule has 17 heavy (non-hydrogen) atoms. The average molecular weight is 231 g/mol. The van der Waals surface area contributed by atoms with Crippen LogP contribution in [0.5, 0.6) is 5.75 Å². The Labute approximate surface area is 99.5 Å².